The summed E-state index contributed by atoms with van der Waals surface area (Å²) in [5, 5.41) is 17.7. The SMILES string of the molecule is CCOc1cc([C@H]2C3=C(C[C@@H](c4ccc(OC)c(OC)c4)CC3=O)Nc3onc(C)c32)ccc1O. The fourth-order valence-electron chi connectivity index (χ4n) is 5.13. The lowest BCUT2D eigenvalue weighted by molar-refractivity contribution is -0.116. The Hall–Kier alpha value is -3.94. The molecule has 3 aromatic rings. The number of methoxy groups -OCH3 is 2. The number of carbonyl (C=O) groups is 1. The van der Waals surface area contributed by atoms with Crippen LogP contribution in [0.5, 0.6) is 23.0 Å². The van der Waals surface area contributed by atoms with Gasteiger partial charge >= 0.3 is 0 Å². The van der Waals surface area contributed by atoms with Crippen molar-refractivity contribution >= 4 is 11.7 Å². The summed E-state index contributed by atoms with van der Waals surface area (Å²) in [5.41, 5.74) is 4.91. The number of hydrogen-bond acceptors (Lipinski definition) is 8. The third-order valence-corrected chi connectivity index (χ3v) is 6.75. The normalized spacial score (nSPS) is 19.0. The molecule has 2 N–H and O–H groups in total. The molecule has 5 rings (SSSR count). The van der Waals surface area contributed by atoms with E-state index in [1.165, 1.54) is 0 Å². The second kappa shape index (κ2) is 9.02. The van der Waals surface area contributed by atoms with Crippen LogP contribution in [0.1, 0.15) is 54.0 Å². The number of ketones is 1. The van der Waals surface area contributed by atoms with Crippen LogP contribution in [-0.2, 0) is 4.79 Å². The van der Waals surface area contributed by atoms with Gasteiger partial charge in [0.1, 0.15) is 0 Å². The number of phenols is 1. The van der Waals surface area contributed by atoms with E-state index in [-0.39, 0.29) is 23.4 Å². The van der Waals surface area contributed by atoms with Gasteiger partial charge in [-0.15, -0.1) is 0 Å². The van der Waals surface area contributed by atoms with Crippen LogP contribution in [0.3, 0.4) is 0 Å². The van der Waals surface area contributed by atoms with E-state index in [0.717, 1.165) is 22.4 Å². The lowest BCUT2D eigenvalue weighted by Crippen LogP contribution is -2.29. The molecular weight excluding hydrogens is 448 g/mol. The van der Waals surface area contributed by atoms with Crippen molar-refractivity contribution in [1.82, 2.24) is 5.16 Å². The van der Waals surface area contributed by atoms with E-state index in [0.29, 0.717) is 53.8 Å². The largest absolute Gasteiger partial charge is 0.504 e. The highest BCUT2D eigenvalue weighted by Crippen LogP contribution is 2.50. The van der Waals surface area contributed by atoms with Crippen LogP contribution < -0.4 is 19.5 Å². The van der Waals surface area contributed by atoms with Gasteiger partial charge in [0.05, 0.1) is 32.1 Å². The van der Waals surface area contributed by atoms with Gasteiger partial charge in [-0.25, -0.2) is 0 Å². The number of benzene rings is 2. The molecule has 0 unspecified atom stereocenters. The number of aromatic nitrogens is 1. The van der Waals surface area contributed by atoms with Gasteiger partial charge in [0.25, 0.3) is 0 Å². The molecule has 2 atom stereocenters. The first kappa shape index (κ1) is 22.8. The Morgan fingerprint density at radius 1 is 1.06 bits per heavy atom. The van der Waals surface area contributed by atoms with Crippen molar-refractivity contribution in [3.8, 4) is 23.0 Å². The molecule has 1 aromatic heterocycles. The van der Waals surface area contributed by atoms with Gasteiger partial charge in [-0.1, -0.05) is 17.3 Å². The maximum absolute atomic E-state index is 13.7. The molecule has 8 nitrogen and oxygen atoms in total. The summed E-state index contributed by atoms with van der Waals surface area (Å²) in [4.78, 5) is 13.7. The number of ether oxygens (including phenoxy) is 3. The highest BCUT2D eigenvalue weighted by Gasteiger charge is 2.41. The maximum atomic E-state index is 13.7. The molecule has 0 saturated carbocycles. The number of nitrogens with zero attached hydrogens (tertiary/aromatic N) is 1. The third-order valence-electron chi connectivity index (χ3n) is 6.75. The van der Waals surface area contributed by atoms with Crippen molar-refractivity contribution in [3.63, 3.8) is 0 Å². The minimum absolute atomic E-state index is 0.0291. The van der Waals surface area contributed by atoms with E-state index in [1.54, 1.807) is 26.4 Å². The molecular formula is C27H28N2O6. The summed E-state index contributed by atoms with van der Waals surface area (Å²) in [6, 6.07) is 11.0. The van der Waals surface area contributed by atoms with Crippen molar-refractivity contribution in [2.75, 3.05) is 26.1 Å². The lowest BCUT2D eigenvalue weighted by atomic mass is 9.72. The van der Waals surface area contributed by atoms with E-state index in [4.69, 9.17) is 18.7 Å². The van der Waals surface area contributed by atoms with E-state index in [1.807, 2.05) is 38.1 Å². The van der Waals surface area contributed by atoms with Gasteiger partial charge in [0, 0.05) is 23.6 Å². The van der Waals surface area contributed by atoms with Crippen LogP contribution in [0.15, 0.2) is 52.2 Å². The van der Waals surface area contributed by atoms with Crippen LogP contribution in [0.2, 0.25) is 0 Å². The number of aryl methyl sites for hydroxylation is 1. The molecule has 8 heteroatoms. The Balaban J connectivity index is 1.58. The minimum Gasteiger partial charge on any atom is -0.504 e. The molecule has 1 aliphatic heterocycles. The van der Waals surface area contributed by atoms with Crippen LogP contribution in [0, 0.1) is 6.92 Å². The summed E-state index contributed by atoms with van der Waals surface area (Å²) in [5.74, 6) is 1.92. The second-order valence-electron chi connectivity index (χ2n) is 8.76. The van der Waals surface area contributed by atoms with Crippen molar-refractivity contribution < 1.29 is 28.6 Å². The fraction of sp³-hybridized carbons (Fsp3) is 0.333. The molecule has 35 heavy (non-hydrogen) atoms. The number of carbonyl (C=O) groups excluding carboxylic acids is 1. The standard InChI is InChI=1S/C27H28N2O6/c1-5-34-22-13-16(6-8-19(22)30)25-24-14(2)29-35-27(24)28-18-10-17(11-20(31)26(18)25)15-7-9-21(32-3)23(12-15)33-4/h6-9,12-13,17,25,28,30H,5,10-11H2,1-4H3/t17-,25-/m1/s1. The lowest BCUT2D eigenvalue weighted by Gasteiger charge is -2.34. The Kier molecular flexibility index (Phi) is 5.88. The zero-order valence-electron chi connectivity index (χ0n) is 20.2. The Labute approximate surface area is 203 Å². The van der Waals surface area contributed by atoms with Crippen molar-refractivity contribution in [2.45, 2.75) is 38.5 Å². The number of allylic oxidation sites excluding steroid dienone is 2. The summed E-state index contributed by atoms with van der Waals surface area (Å²) in [7, 11) is 3.20. The average Bonchev–Trinajstić information content (AvgIpc) is 3.23. The van der Waals surface area contributed by atoms with Gasteiger partial charge in [-0.2, -0.15) is 0 Å². The Morgan fingerprint density at radius 2 is 1.80 bits per heavy atom. The topological polar surface area (TPSA) is 103 Å². The second-order valence-corrected chi connectivity index (χ2v) is 8.76. The Morgan fingerprint density at radius 3 is 2.54 bits per heavy atom. The highest BCUT2D eigenvalue weighted by molar-refractivity contribution is 6.01. The molecule has 0 bridgehead atoms. The summed E-state index contributed by atoms with van der Waals surface area (Å²) in [6.45, 7) is 4.14. The van der Waals surface area contributed by atoms with Crippen molar-refractivity contribution in [1.29, 1.82) is 0 Å². The molecule has 2 heterocycles. The van der Waals surface area contributed by atoms with Crippen LogP contribution in [0.25, 0.3) is 0 Å². The molecule has 0 spiro atoms. The molecule has 2 aliphatic rings. The molecule has 1 aliphatic carbocycles. The number of rotatable bonds is 6. The quantitative estimate of drug-likeness (QED) is 0.509. The number of phenolic OH excluding ortho intramolecular Hbond substituents is 1. The molecule has 0 saturated heterocycles. The van der Waals surface area contributed by atoms with E-state index >= 15 is 0 Å². The van der Waals surface area contributed by atoms with Gasteiger partial charge in [0.2, 0.25) is 5.88 Å². The first-order valence-electron chi connectivity index (χ1n) is 11.6. The summed E-state index contributed by atoms with van der Waals surface area (Å²) >= 11 is 0. The molecule has 182 valence electrons. The third kappa shape index (κ3) is 3.88. The van der Waals surface area contributed by atoms with Gasteiger partial charge in [-0.05, 0) is 61.6 Å². The smallest absolute Gasteiger partial charge is 0.233 e. The van der Waals surface area contributed by atoms with Crippen LogP contribution in [0.4, 0.5) is 5.88 Å². The number of fused-ring (bicyclic) bond motifs is 1. The molecule has 0 fully saturated rings. The summed E-state index contributed by atoms with van der Waals surface area (Å²) < 4.78 is 22.1. The van der Waals surface area contributed by atoms with Crippen molar-refractivity contribution in [3.05, 3.63) is 70.1 Å². The van der Waals surface area contributed by atoms with Gasteiger partial charge < -0.3 is 29.2 Å². The molecule has 0 radical (unpaired) electrons. The first-order chi connectivity index (χ1) is 16.9. The number of hydrogen-bond donors (Lipinski definition) is 2. The number of aromatic hydroxyl groups is 1. The predicted molar refractivity (Wildman–Crippen MR) is 130 cm³/mol. The number of Topliss-reactive ketones (excluding diaryl/α,β-unsaturated/α-hetero) is 1. The summed E-state index contributed by atoms with van der Waals surface area (Å²) in [6.07, 6.45) is 0.991. The van der Waals surface area contributed by atoms with E-state index < -0.39 is 0 Å². The first-order valence-corrected chi connectivity index (χ1v) is 11.6. The van der Waals surface area contributed by atoms with Crippen LogP contribution in [-0.4, -0.2) is 36.9 Å². The zero-order chi connectivity index (χ0) is 24.7. The number of anilines is 1. The van der Waals surface area contributed by atoms with E-state index in [9.17, 15) is 9.90 Å². The monoisotopic (exact) mass is 476 g/mol. The maximum Gasteiger partial charge on any atom is 0.233 e. The van der Waals surface area contributed by atoms with Gasteiger partial charge in [-0.3, -0.25) is 4.79 Å². The van der Waals surface area contributed by atoms with Gasteiger partial charge in [0.15, 0.2) is 28.8 Å². The zero-order valence-corrected chi connectivity index (χ0v) is 20.2. The average molecular weight is 477 g/mol. The predicted octanol–water partition coefficient (Wildman–Crippen LogP) is 5.06. The highest BCUT2D eigenvalue weighted by atomic mass is 16.5. The Bertz CT molecular complexity index is 1330. The van der Waals surface area contributed by atoms with E-state index in [2.05, 4.69) is 10.5 Å². The van der Waals surface area contributed by atoms with Crippen LogP contribution >= 0.6 is 0 Å². The minimum atomic E-state index is -0.369. The van der Waals surface area contributed by atoms with Crippen molar-refractivity contribution in [2.24, 2.45) is 0 Å². The molecule has 2 aromatic carbocycles. The number of nitrogens with one attached hydrogen (secondary N) is 1. The fourth-order valence-corrected chi connectivity index (χ4v) is 5.13. The molecule has 0 amide bonds.